The van der Waals surface area contributed by atoms with Gasteiger partial charge in [0.25, 0.3) is 5.69 Å². The van der Waals surface area contributed by atoms with Crippen LogP contribution in [0.4, 0.5) is 5.69 Å². The number of fused-ring (bicyclic) bond motifs is 3. The van der Waals surface area contributed by atoms with E-state index in [0.29, 0.717) is 11.4 Å². The summed E-state index contributed by atoms with van der Waals surface area (Å²) in [6.07, 6.45) is 0. The summed E-state index contributed by atoms with van der Waals surface area (Å²) in [5.74, 6) is 0.0578. The number of halogens is 1. The zero-order chi connectivity index (χ0) is 25.5. The summed E-state index contributed by atoms with van der Waals surface area (Å²) in [4.78, 5) is 17.0. The summed E-state index contributed by atoms with van der Waals surface area (Å²) in [5.41, 5.74) is 6.43. The van der Waals surface area contributed by atoms with Crippen molar-refractivity contribution in [2.75, 3.05) is 6.54 Å². The smallest absolute Gasteiger partial charge is 0.283 e. The maximum absolute atomic E-state index is 12.1. The fourth-order valence-corrected chi connectivity index (χ4v) is 6.38. The third-order valence-electron chi connectivity index (χ3n) is 6.98. The first-order chi connectivity index (χ1) is 18.0. The minimum atomic E-state index is -0.290. The number of aromatic amines is 1. The van der Waals surface area contributed by atoms with Gasteiger partial charge in [0.1, 0.15) is 0 Å². The monoisotopic (exact) mass is 525 g/mol. The molecule has 6 rings (SSSR count). The first kappa shape index (κ1) is 23.8. The SMILES string of the molecule is Cc1ccc(Sc2ccc([C@@H]3NC[C@@H](c4ccccc4Cl)c4c3[nH]c3ccccc43)cc2[N+](=O)[O-])cc1. The van der Waals surface area contributed by atoms with Gasteiger partial charge < -0.3 is 10.3 Å². The molecule has 0 saturated carbocycles. The topological polar surface area (TPSA) is 71.0 Å². The summed E-state index contributed by atoms with van der Waals surface area (Å²) in [6, 6.07) is 29.6. The van der Waals surface area contributed by atoms with Crippen LogP contribution >= 0.6 is 23.4 Å². The van der Waals surface area contributed by atoms with Crippen molar-refractivity contribution >= 4 is 40.0 Å². The molecule has 184 valence electrons. The van der Waals surface area contributed by atoms with Crippen LogP contribution in [0.5, 0.6) is 0 Å². The van der Waals surface area contributed by atoms with Gasteiger partial charge in [0.15, 0.2) is 0 Å². The average molecular weight is 526 g/mol. The van der Waals surface area contributed by atoms with Gasteiger partial charge in [-0.1, -0.05) is 83.5 Å². The molecule has 0 unspecified atom stereocenters. The molecule has 7 heteroatoms. The number of H-pyrrole nitrogens is 1. The van der Waals surface area contributed by atoms with Crippen LogP contribution in [0.15, 0.2) is 101 Å². The highest BCUT2D eigenvalue weighted by Crippen LogP contribution is 2.44. The lowest BCUT2D eigenvalue weighted by atomic mass is 9.83. The molecule has 2 atom stereocenters. The maximum atomic E-state index is 12.1. The highest BCUT2D eigenvalue weighted by Gasteiger charge is 2.34. The molecule has 0 aliphatic carbocycles. The molecule has 1 aromatic heterocycles. The Hall–Kier alpha value is -3.58. The lowest BCUT2D eigenvalue weighted by Crippen LogP contribution is -2.34. The Labute approximate surface area is 224 Å². The molecule has 5 aromatic rings. The normalized spacial score (nSPS) is 17.0. The molecule has 4 aromatic carbocycles. The predicted molar refractivity (Wildman–Crippen MR) is 150 cm³/mol. The van der Waals surface area contributed by atoms with Gasteiger partial charge in [-0.25, -0.2) is 0 Å². The van der Waals surface area contributed by atoms with E-state index in [1.165, 1.54) is 17.3 Å². The second-order valence-electron chi connectivity index (χ2n) is 9.31. The first-order valence-corrected chi connectivity index (χ1v) is 13.3. The quantitative estimate of drug-likeness (QED) is 0.180. The van der Waals surface area contributed by atoms with E-state index in [1.807, 2.05) is 73.7 Å². The number of nitrogens with zero attached hydrogens (tertiary/aromatic N) is 1. The van der Waals surface area contributed by atoms with E-state index in [9.17, 15) is 10.1 Å². The van der Waals surface area contributed by atoms with E-state index in [0.717, 1.165) is 43.2 Å². The van der Waals surface area contributed by atoms with Crippen LogP contribution in [-0.4, -0.2) is 16.5 Å². The lowest BCUT2D eigenvalue weighted by molar-refractivity contribution is -0.387. The Morgan fingerprint density at radius 1 is 0.973 bits per heavy atom. The molecule has 5 nitrogen and oxygen atoms in total. The van der Waals surface area contributed by atoms with E-state index in [1.54, 1.807) is 6.07 Å². The number of hydrogen-bond acceptors (Lipinski definition) is 4. The maximum Gasteiger partial charge on any atom is 0.283 e. The highest BCUT2D eigenvalue weighted by molar-refractivity contribution is 7.99. The van der Waals surface area contributed by atoms with E-state index in [-0.39, 0.29) is 22.6 Å². The highest BCUT2D eigenvalue weighted by atomic mass is 35.5. The van der Waals surface area contributed by atoms with Gasteiger partial charge in [0.05, 0.1) is 15.9 Å². The van der Waals surface area contributed by atoms with Crippen LogP contribution < -0.4 is 5.32 Å². The summed E-state index contributed by atoms with van der Waals surface area (Å²) in [6.45, 7) is 2.69. The fourth-order valence-electron chi connectivity index (χ4n) is 5.21. The van der Waals surface area contributed by atoms with Crippen molar-refractivity contribution in [1.82, 2.24) is 10.3 Å². The molecule has 2 N–H and O–H groups in total. The van der Waals surface area contributed by atoms with E-state index < -0.39 is 0 Å². The summed E-state index contributed by atoms with van der Waals surface area (Å²) in [7, 11) is 0. The lowest BCUT2D eigenvalue weighted by Gasteiger charge is -2.31. The van der Waals surface area contributed by atoms with E-state index in [4.69, 9.17) is 11.6 Å². The van der Waals surface area contributed by atoms with Gasteiger partial charge in [-0.2, -0.15) is 0 Å². The Morgan fingerprint density at radius 3 is 2.51 bits per heavy atom. The number of para-hydroxylation sites is 1. The number of rotatable bonds is 5. The minimum Gasteiger partial charge on any atom is -0.357 e. The number of aromatic nitrogens is 1. The number of nitro benzene ring substituents is 1. The second-order valence-corrected chi connectivity index (χ2v) is 10.8. The van der Waals surface area contributed by atoms with E-state index >= 15 is 0 Å². The van der Waals surface area contributed by atoms with Crippen molar-refractivity contribution in [3.8, 4) is 0 Å². The van der Waals surface area contributed by atoms with Gasteiger partial charge in [-0.05, 0) is 53.9 Å². The predicted octanol–water partition coefficient (Wildman–Crippen LogP) is 8.01. The molecule has 0 spiro atoms. The first-order valence-electron chi connectivity index (χ1n) is 12.1. The third kappa shape index (κ3) is 4.42. The Kier molecular flexibility index (Phi) is 6.24. The number of hydrogen-bond donors (Lipinski definition) is 2. The summed E-state index contributed by atoms with van der Waals surface area (Å²) in [5, 5.41) is 17.6. The van der Waals surface area contributed by atoms with Crippen molar-refractivity contribution in [3.05, 3.63) is 134 Å². The van der Waals surface area contributed by atoms with E-state index in [2.05, 4.69) is 28.5 Å². The number of nitrogens with one attached hydrogen (secondary N) is 2. The van der Waals surface area contributed by atoms with Crippen LogP contribution in [0.2, 0.25) is 5.02 Å². The van der Waals surface area contributed by atoms with Gasteiger partial charge >= 0.3 is 0 Å². The number of benzene rings is 4. The van der Waals surface area contributed by atoms with Crippen molar-refractivity contribution in [2.45, 2.75) is 28.7 Å². The molecule has 2 heterocycles. The van der Waals surface area contributed by atoms with Crippen LogP contribution in [0, 0.1) is 17.0 Å². The molecule has 1 aliphatic rings. The van der Waals surface area contributed by atoms with Crippen molar-refractivity contribution in [3.63, 3.8) is 0 Å². The molecule has 0 bridgehead atoms. The van der Waals surface area contributed by atoms with Gasteiger partial charge in [0.2, 0.25) is 0 Å². The summed E-state index contributed by atoms with van der Waals surface area (Å²) < 4.78 is 0. The number of aryl methyl sites for hydroxylation is 1. The Bertz CT molecular complexity index is 1630. The van der Waals surface area contributed by atoms with Crippen LogP contribution in [0.25, 0.3) is 10.9 Å². The second kappa shape index (κ2) is 9.71. The molecule has 0 radical (unpaired) electrons. The van der Waals surface area contributed by atoms with Gasteiger partial charge in [0, 0.05) is 45.0 Å². The zero-order valence-corrected chi connectivity index (χ0v) is 21.6. The van der Waals surface area contributed by atoms with Crippen molar-refractivity contribution in [1.29, 1.82) is 0 Å². The Balaban J connectivity index is 1.44. The van der Waals surface area contributed by atoms with Gasteiger partial charge in [-0.3, -0.25) is 10.1 Å². The molecular weight excluding hydrogens is 502 g/mol. The fraction of sp³-hybridized carbons (Fsp3) is 0.133. The molecule has 0 saturated heterocycles. The zero-order valence-electron chi connectivity index (χ0n) is 20.1. The van der Waals surface area contributed by atoms with Gasteiger partial charge in [-0.15, -0.1) is 0 Å². The largest absolute Gasteiger partial charge is 0.357 e. The molecule has 0 amide bonds. The minimum absolute atomic E-state index is 0.0578. The third-order valence-corrected chi connectivity index (χ3v) is 8.40. The molecular formula is C30H24ClN3O2S. The van der Waals surface area contributed by atoms with Crippen molar-refractivity contribution < 1.29 is 4.92 Å². The van der Waals surface area contributed by atoms with Crippen LogP contribution in [0.1, 0.15) is 39.9 Å². The Morgan fingerprint density at radius 2 is 1.73 bits per heavy atom. The van der Waals surface area contributed by atoms with Crippen LogP contribution in [-0.2, 0) is 0 Å². The average Bonchev–Trinajstić information content (AvgIpc) is 3.30. The van der Waals surface area contributed by atoms with Crippen LogP contribution in [0.3, 0.4) is 0 Å². The molecule has 37 heavy (non-hydrogen) atoms. The van der Waals surface area contributed by atoms with Crippen molar-refractivity contribution in [2.24, 2.45) is 0 Å². The molecule has 1 aliphatic heterocycles. The molecule has 0 fully saturated rings. The standard InChI is InChI=1S/C30H24ClN3O2S/c1-18-10-13-20(14-11-18)37-27-15-12-19(16-26(27)34(35)36)29-30-28(22-7-3-5-9-25(22)33-30)23(17-32-29)21-6-2-4-8-24(21)31/h2-16,23,29,32-33H,17H2,1H3/t23-,29-/m0/s1. The number of nitro groups is 1. The summed E-state index contributed by atoms with van der Waals surface area (Å²) >= 11 is 8.04.